The third-order valence-electron chi connectivity index (χ3n) is 4.62. The van der Waals surface area contributed by atoms with Crippen LogP contribution in [0.5, 0.6) is 0 Å². The van der Waals surface area contributed by atoms with E-state index in [1.54, 1.807) is 0 Å². The molecule has 1 saturated carbocycles. The Morgan fingerprint density at radius 3 is 2.55 bits per heavy atom. The van der Waals surface area contributed by atoms with Crippen LogP contribution in [-0.4, -0.2) is 53.6 Å². The minimum atomic E-state index is 0.0163. The summed E-state index contributed by atoms with van der Waals surface area (Å²) in [6, 6.07) is 0.804. The summed E-state index contributed by atoms with van der Waals surface area (Å²) in [6.07, 6.45) is 5.11. The van der Waals surface area contributed by atoms with Gasteiger partial charge in [0.05, 0.1) is 12.2 Å². The first kappa shape index (κ1) is 15.8. The van der Waals surface area contributed by atoms with Gasteiger partial charge in [0.25, 0.3) is 0 Å². The minimum absolute atomic E-state index is 0.0163. The summed E-state index contributed by atoms with van der Waals surface area (Å²) in [5.74, 6) is 0.683. The number of carbonyl (C=O) groups excluding carboxylic acids is 1. The quantitative estimate of drug-likeness (QED) is 0.739. The van der Waals surface area contributed by atoms with Gasteiger partial charge < -0.3 is 4.90 Å². The Hall–Kier alpha value is -0.610. The van der Waals surface area contributed by atoms with Crippen molar-refractivity contribution in [3.05, 3.63) is 0 Å². The standard InChI is InChI=1S/C16H31N3O/c1-5-7-14-17-15(12(3)4)16(20)19(14)11-10-18(6-2)13-8-9-13/h12-15,17H,5-11H2,1-4H3. The van der Waals surface area contributed by atoms with Crippen molar-refractivity contribution in [2.24, 2.45) is 5.92 Å². The van der Waals surface area contributed by atoms with Gasteiger partial charge in [0.1, 0.15) is 0 Å². The summed E-state index contributed by atoms with van der Waals surface area (Å²) in [6.45, 7) is 11.7. The Balaban J connectivity index is 1.93. The zero-order valence-corrected chi connectivity index (χ0v) is 13.6. The van der Waals surface area contributed by atoms with Crippen molar-refractivity contribution in [2.75, 3.05) is 19.6 Å². The fraction of sp³-hybridized carbons (Fsp3) is 0.938. The monoisotopic (exact) mass is 281 g/mol. The topological polar surface area (TPSA) is 35.6 Å². The molecule has 0 aromatic heterocycles. The van der Waals surface area contributed by atoms with E-state index in [9.17, 15) is 4.79 Å². The second-order valence-corrected chi connectivity index (χ2v) is 6.58. The van der Waals surface area contributed by atoms with E-state index in [0.29, 0.717) is 11.8 Å². The van der Waals surface area contributed by atoms with Crippen LogP contribution >= 0.6 is 0 Å². The van der Waals surface area contributed by atoms with E-state index in [-0.39, 0.29) is 12.2 Å². The van der Waals surface area contributed by atoms with Gasteiger partial charge in [-0.05, 0) is 31.7 Å². The lowest BCUT2D eigenvalue weighted by Crippen LogP contribution is -2.42. The van der Waals surface area contributed by atoms with Gasteiger partial charge in [0.15, 0.2) is 0 Å². The van der Waals surface area contributed by atoms with Crippen LogP contribution in [0.4, 0.5) is 0 Å². The zero-order valence-electron chi connectivity index (χ0n) is 13.6. The lowest BCUT2D eigenvalue weighted by Gasteiger charge is -2.28. The molecule has 2 fully saturated rings. The van der Waals surface area contributed by atoms with Crippen molar-refractivity contribution < 1.29 is 4.79 Å². The molecule has 1 heterocycles. The van der Waals surface area contributed by atoms with Crippen molar-refractivity contribution in [1.82, 2.24) is 15.1 Å². The van der Waals surface area contributed by atoms with Crippen LogP contribution in [0, 0.1) is 5.92 Å². The van der Waals surface area contributed by atoms with Crippen LogP contribution in [-0.2, 0) is 4.79 Å². The Morgan fingerprint density at radius 1 is 1.35 bits per heavy atom. The second kappa shape index (κ2) is 6.90. The first-order chi connectivity index (χ1) is 9.58. The largest absolute Gasteiger partial charge is 0.325 e. The summed E-state index contributed by atoms with van der Waals surface area (Å²) >= 11 is 0. The highest BCUT2D eigenvalue weighted by Crippen LogP contribution is 2.27. The normalized spacial score (nSPS) is 27.1. The average molecular weight is 281 g/mol. The van der Waals surface area contributed by atoms with Crippen LogP contribution in [0.2, 0.25) is 0 Å². The Kier molecular flexibility index (Phi) is 5.44. The molecule has 1 aliphatic heterocycles. The third-order valence-corrected chi connectivity index (χ3v) is 4.62. The number of likely N-dealkylation sites (N-methyl/N-ethyl adjacent to an activating group) is 1. The third kappa shape index (κ3) is 3.53. The highest BCUT2D eigenvalue weighted by Gasteiger charge is 2.40. The maximum Gasteiger partial charge on any atom is 0.241 e. The van der Waals surface area contributed by atoms with Crippen molar-refractivity contribution in [3.8, 4) is 0 Å². The van der Waals surface area contributed by atoms with E-state index in [1.165, 1.54) is 12.8 Å². The lowest BCUT2D eigenvalue weighted by atomic mass is 10.1. The van der Waals surface area contributed by atoms with Gasteiger partial charge in [-0.1, -0.05) is 34.1 Å². The summed E-state index contributed by atoms with van der Waals surface area (Å²) in [7, 11) is 0. The van der Waals surface area contributed by atoms with Crippen molar-refractivity contribution in [3.63, 3.8) is 0 Å². The molecule has 2 unspecified atom stereocenters. The van der Waals surface area contributed by atoms with E-state index in [0.717, 1.165) is 38.5 Å². The molecule has 0 bridgehead atoms. The van der Waals surface area contributed by atoms with Gasteiger partial charge in [0, 0.05) is 19.1 Å². The summed E-state index contributed by atoms with van der Waals surface area (Å²) in [4.78, 5) is 17.2. The number of nitrogens with one attached hydrogen (secondary N) is 1. The molecule has 2 aliphatic rings. The molecule has 116 valence electrons. The van der Waals surface area contributed by atoms with E-state index >= 15 is 0 Å². The van der Waals surface area contributed by atoms with E-state index in [2.05, 4.69) is 42.8 Å². The fourth-order valence-electron chi connectivity index (χ4n) is 3.23. The van der Waals surface area contributed by atoms with Gasteiger partial charge in [0.2, 0.25) is 5.91 Å². The van der Waals surface area contributed by atoms with Crippen LogP contribution in [0.25, 0.3) is 0 Å². The molecule has 0 radical (unpaired) electrons. The molecule has 1 saturated heterocycles. The minimum Gasteiger partial charge on any atom is -0.325 e. The van der Waals surface area contributed by atoms with Crippen molar-refractivity contribution >= 4 is 5.91 Å². The van der Waals surface area contributed by atoms with Crippen molar-refractivity contribution in [2.45, 2.75) is 71.6 Å². The number of rotatable bonds is 8. The Morgan fingerprint density at radius 2 is 2.05 bits per heavy atom. The Bertz CT molecular complexity index is 328. The first-order valence-electron chi connectivity index (χ1n) is 8.39. The number of carbonyl (C=O) groups is 1. The van der Waals surface area contributed by atoms with E-state index in [4.69, 9.17) is 0 Å². The summed E-state index contributed by atoms with van der Waals surface area (Å²) < 4.78 is 0. The van der Waals surface area contributed by atoms with E-state index < -0.39 is 0 Å². The number of nitrogens with zero attached hydrogens (tertiary/aromatic N) is 2. The average Bonchev–Trinajstić information content (AvgIpc) is 3.19. The highest BCUT2D eigenvalue weighted by atomic mass is 16.2. The first-order valence-corrected chi connectivity index (χ1v) is 8.39. The van der Waals surface area contributed by atoms with Crippen LogP contribution in [0.3, 0.4) is 0 Å². The smallest absolute Gasteiger partial charge is 0.241 e. The number of hydrogen-bond donors (Lipinski definition) is 1. The molecule has 2 atom stereocenters. The molecule has 2 rings (SSSR count). The number of amides is 1. The van der Waals surface area contributed by atoms with Crippen LogP contribution < -0.4 is 5.32 Å². The predicted molar refractivity (Wildman–Crippen MR) is 82.4 cm³/mol. The molecule has 4 heteroatoms. The number of hydrogen-bond acceptors (Lipinski definition) is 3. The molecule has 0 aromatic carbocycles. The van der Waals surface area contributed by atoms with Crippen molar-refractivity contribution in [1.29, 1.82) is 0 Å². The molecule has 4 nitrogen and oxygen atoms in total. The Labute approximate surface area is 123 Å². The second-order valence-electron chi connectivity index (χ2n) is 6.58. The molecule has 0 spiro atoms. The molecular weight excluding hydrogens is 250 g/mol. The SMILES string of the molecule is CCCC1NC(C(C)C)C(=O)N1CCN(CC)C1CC1. The van der Waals surface area contributed by atoms with Gasteiger partial charge in [-0.3, -0.25) is 15.0 Å². The fourth-order valence-corrected chi connectivity index (χ4v) is 3.23. The van der Waals surface area contributed by atoms with Gasteiger partial charge in [-0.15, -0.1) is 0 Å². The molecule has 1 N–H and O–H groups in total. The van der Waals surface area contributed by atoms with Gasteiger partial charge in [-0.2, -0.15) is 0 Å². The maximum absolute atomic E-state index is 12.6. The molecule has 1 amide bonds. The summed E-state index contributed by atoms with van der Waals surface area (Å²) in [5.41, 5.74) is 0. The molecular formula is C16H31N3O. The summed E-state index contributed by atoms with van der Waals surface area (Å²) in [5, 5.41) is 3.54. The maximum atomic E-state index is 12.6. The highest BCUT2D eigenvalue weighted by molar-refractivity contribution is 5.84. The van der Waals surface area contributed by atoms with Gasteiger partial charge in [-0.25, -0.2) is 0 Å². The predicted octanol–water partition coefficient (Wildman–Crippen LogP) is 2.05. The molecule has 20 heavy (non-hydrogen) atoms. The molecule has 0 aromatic rings. The van der Waals surface area contributed by atoms with E-state index in [1.807, 2.05) is 0 Å². The molecule has 1 aliphatic carbocycles. The lowest BCUT2D eigenvalue weighted by molar-refractivity contribution is -0.131. The van der Waals surface area contributed by atoms with Crippen LogP contribution in [0.1, 0.15) is 53.4 Å². The van der Waals surface area contributed by atoms with Crippen LogP contribution in [0.15, 0.2) is 0 Å². The zero-order chi connectivity index (χ0) is 14.7. The van der Waals surface area contributed by atoms with Gasteiger partial charge >= 0.3 is 0 Å².